The zero-order chi connectivity index (χ0) is 14.2. The molecule has 3 rings (SSSR count). The second-order valence-corrected chi connectivity index (χ2v) is 6.78. The molecule has 20 heavy (non-hydrogen) atoms. The molecule has 3 atom stereocenters. The average molecular weight is 340 g/mol. The third-order valence-corrected chi connectivity index (χ3v) is 5.06. The molecule has 2 heterocycles. The van der Waals surface area contributed by atoms with Gasteiger partial charge >= 0.3 is 0 Å². The van der Waals surface area contributed by atoms with Crippen molar-refractivity contribution in [2.24, 2.45) is 0 Å². The van der Waals surface area contributed by atoms with Crippen LogP contribution in [0.2, 0.25) is 0 Å². The van der Waals surface area contributed by atoms with Crippen LogP contribution in [0.1, 0.15) is 44.2 Å². The van der Waals surface area contributed by atoms with E-state index in [1.807, 2.05) is 7.05 Å². The summed E-state index contributed by atoms with van der Waals surface area (Å²) in [5, 5.41) is 3.45. The predicted octanol–water partition coefficient (Wildman–Crippen LogP) is 3.82. The van der Waals surface area contributed by atoms with E-state index in [0.29, 0.717) is 12.1 Å². The van der Waals surface area contributed by atoms with Crippen LogP contribution < -0.4 is 10.1 Å². The first-order valence-corrected chi connectivity index (χ1v) is 8.22. The Labute approximate surface area is 129 Å². The summed E-state index contributed by atoms with van der Waals surface area (Å²) in [6.07, 6.45) is 4.38. The minimum absolute atomic E-state index is 0.0691. The van der Waals surface area contributed by atoms with E-state index in [0.717, 1.165) is 42.5 Å². The van der Waals surface area contributed by atoms with Gasteiger partial charge in [0.15, 0.2) is 0 Å². The van der Waals surface area contributed by atoms with Crippen molar-refractivity contribution in [1.29, 1.82) is 0 Å². The van der Waals surface area contributed by atoms with E-state index in [-0.39, 0.29) is 5.60 Å². The Morgan fingerprint density at radius 3 is 3.00 bits per heavy atom. The first-order chi connectivity index (χ1) is 9.65. The highest BCUT2D eigenvalue weighted by atomic mass is 79.9. The Hall–Kier alpha value is -0.580. The molecule has 2 aliphatic rings. The Morgan fingerprint density at radius 1 is 1.40 bits per heavy atom. The number of nitrogens with one attached hydrogen (secondary N) is 1. The van der Waals surface area contributed by atoms with Crippen molar-refractivity contribution < 1.29 is 9.47 Å². The van der Waals surface area contributed by atoms with Gasteiger partial charge in [0.05, 0.1) is 12.7 Å². The Bertz CT molecular complexity index is 493. The molecule has 0 amide bonds. The first kappa shape index (κ1) is 14.4. The van der Waals surface area contributed by atoms with Crippen LogP contribution in [0.15, 0.2) is 22.7 Å². The maximum absolute atomic E-state index is 6.46. The van der Waals surface area contributed by atoms with Gasteiger partial charge in [-0.15, -0.1) is 0 Å². The molecule has 3 nitrogen and oxygen atoms in total. The van der Waals surface area contributed by atoms with E-state index < -0.39 is 0 Å². The molecule has 2 aliphatic heterocycles. The average Bonchev–Trinajstić information content (AvgIpc) is 2.46. The number of benzene rings is 1. The molecule has 1 aromatic carbocycles. The quantitative estimate of drug-likeness (QED) is 0.888. The van der Waals surface area contributed by atoms with E-state index in [4.69, 9.17) is 9.47 Å². The van der Waals surface area contributed by atoms with Gasteiger partial charge in [-0.25, -0.2) is 0 Å². The smallest absolute Gasteiger partial charge is 0.126 e. The van der Waals surface area contributed by atoms with Crippen molar-refractivity contribution >= 4 is 15.9 Å². The molecule has 110 valence electrons. The van der Waals surface area contributed by atoms with Crippen LogP contribution in [-0.4, -0.2) is 25.4 Å². The van der Waals surface area contributed by atoms with Gasteiger partial charge in [0, 0.05) is 35.3 Å². The molecule has 1 aromatic rings. The van der Waals surface area contributed by atoms with Gasteiger partial charge in [-0.2, -0.15) is 0 Å². The van der Waals surface area contributed by atoms with Gasteiger partial charge in [-0.3, -0.25) is 0 Å². The van der Waals surface area contributed by atoms with E-state index in [2.05, 4.69) is 46.4 Å². The van der Waals surface area contributed by atoms with Crippen LogP contribution >= 0.6 is 15.9 Å². The SMILES string of the molecule is CCC1CC2(CCO1)CC(NC)c1ccc(Br)cc1O2. The van der Waals surface area contributed by atoms with Gasteiger partial charge in [0.2, 0.25) is 0 Å². The zero-order valence-corrected chi connectivity index (χ0v) is 13.7. The molecule has 0 aliphatic carbocycles. The number of fused-ring (bicyclic) bond motifs is 1. The van der Waals surface area contributed by atoms with Crippen molar-refractivity contribution in [2.75, 3.05) is 13.7 Å². The highest BCUT2D eigenvalue weighted by Crippen LogP contribution is 2.45. The molecule has 1 fully saturated rings. The fourth-order valence-electron chi connectivity index (χ4n) is 3.43. The molecule has 3 unspecified atom stereocenters. The van der Waals surface area contributed by atoms with Crippen LogP contribution in [0.25, 0.3) is 0 Å². The summed E-state index contributed by atoms with van der Waals surface area (Å²) in [5.74, 6) is 1.02. The molecule has 4 heteroatoms. The normalized spacial score (nSPS) is 32.8. The van der Waals surface area contributed by atoms with E-state index in [1.165, 1.54) is 5.56 Å². The number of hydrogen-bond acceptors (Lipinski definition) is 3. The van der Waals surface area contributed by atoms with Crippen molar-refractivity contribution in [2.45, 2.75) is 50.4 Å². The molecule has 0 radical (unpaired) electrons. The highest BCUT2D eigenvalue weighted by Gasteiger charge is 2.44. The summed E-state index contributed by atoms with van der Waals surface area (Å²) in [4.78, 5) is 0. The van der Waals surface area contributed by atoms with E-state index in [9.17, 15) is 0 Å². The molecule has 0 bridgehead atoms. The minimum Gasteiger partial charge on any atom is -0.487 e. The lowest BCUT2D eigenvalue weighted by Gasteiger charge is -2.46. The molecular weight excluding hydrogens is 318 g/mol. The first-order valence-electron chi connectivity index (χ1n) is 7.43. The van der Waals surface area contributed by atoms with Crippen LogP contribution in [0.4, 0.5) is 0 Å². The number of rotatable bonds is 2. The van der Waals surface area contributed by atoms with Crippen LogP contribution in [-0.2, 0) is 4.74 Å². The zero-order valence-electron chi connectivity index (χ0n) is 12.1. The maximum Gasteiger partial charge on any atom is 0.126 e. The highest BCUT2D eigenvalue weighted by molar-refractivity contribution is 9.10. The summed E-state index contributed by atoms with van der Waals surface area (Å²) in [6, 6.07) is 6.70. The summed E-state index contributed by atoms with van der Waals surface area (Å²) in [7, 11) is 2.03. The third-order valence-electron chi connectivity index (χ3n) is 4.57. The Balaban J connectivity index is 1.93. The van der Waals surface area contributed by atoms with Gasteiger partial charge in [0.25, 0.3) is 0 Å². The summed E-state index contributed by atoms with van der Waals surface area (Å²) >= 11 is 3.55. The van der Waals surface area contributed by atoms with Gasteiger partial charge in [-0.05, 0) is 25.6 Å². The second-order valence-electron chi connectivity index (χ2n) is 5.87. The van der Waals surface area contributed by atoms with Crippen molar-refractivity contribution in [3.63, 3.8) is 0 Å². The molecule has 0 aromatic heterocycles. The summed E-state index contributed by atoms with van der Waals surface area (Å²) in [5.41, 5.74) is 1.20. The van der Waals surface area contributed by atoms with Gasteiger partial charge < -0.3 is 14.8 Å². The van der Waals surface area contributed by atoms with Crippen LogP contribution in [0, 0.1) is 0 Å². The van der Waals surface area contributed by atoms with Crippen LogP contribution in [0.3, 0.4) is 0 Å². The molecular formula is C16H22BrNO2. The van der Waals surface area contributed by atoms with Gasteiger partial charge in [-0.1, -0.05) is 28.9 Å². The topological polar surface area (TPSA) is 30.5 Å². The standard InChI is InChI=1S/C16H22BrNO2/c1-3-12-9-16(6-7-19-12)10-14(18-2)13-5-4-11(17)8-15(13)20-16/h4-5,8,12,14,18H,3,6-7,9-10H2,1-2H3. The van der Waals surface area contributed by atoms with Crippen molar-refractivity contribution in [3.05, 3.63) is 28.2 Å². The number of hydrogen-bond donors (Lipinski definition) is 1. The summed E-state index contributed by atoms with van der Waals surface area (Å²) < 4.78 is 13.4. The molecule has 1 spiro atoms. The van der Waals surface area contributed by atoms with Crippen LogP contribution in [0.5, 0.6) is 5.75 Å². The Morgan fingerprint density at radius 2 is 2.25 bits per heavy atom. The fourth-order valence-corrected chi connectivity index (χ4v) is 3.77. The van der Waals surface area contributed by atoms with Crippen molar-refractivity contribution in [3.8, 4) is 5.75 Å². The van der Waals surface area contributed by atoms with Gasteiger partial charge in [0.1, 0.15) is 11.4 Å². The van der Waals surface area contributed by atoms with E-state index in [1.54, 1.807) is 0 Å². The largest absolute Gasteiger partial charge is 0.487 e. The lowest BCUT2D eigenvalue weighted by atomic mass is 9.79. The molecule has 0 saturated carbocycles. The van der Waals surface area contributed by atoms with E-state index >= 15 is 0 Å². The van der Waals surface area contributed by atoms with Crippen molar-refractivity contribution in [1.82, 2.24) is 5.32 Å². The lowest BCUT2D eigenvalue weighted by molar-refractivity contribution is -0.103. The maximum atomic E-state index is 6.46. The minimum atomic E-state index is -0.0691. The molecule has 1 N–H and O–H groups in total. The second kappa shape index (κ2) is 5.66. The number of ether oxygens (including phenoxy) is 2. The monoisotopic (exact) mass is 339 g/mol. The summed E-state index contributed by atoms with van der Waals surface area (Å²) in [6.45, 7) is 2.99. The molecule has 1 saturated heterocycles. The Kier molecular flexibility index (Phi) is 4.07. The fraction of sp³-hybridized carbons (Fsp3) is 0.625. The predicted molar refractivity (Wildman–Crippen MR) is 83.2 cm³/mol. The third kappa shape index (κ3) is 2.61. The number of halogens is 1. The lowest BCUT2D eigenvalue weighted by Crippen LogP contribution is -2.49.